The third kappa shape index (κ3) is 1.78. The Morgan fingerprint density at radius 2 is 2.33 bits per heavy atom. The molecule has 1 N–H and O–H groups in total. The predicted molar refractivity (Wildman–Crippen MR) is 48.2 cm³/mol. The topological polar surface area (TPSA) is 59.1 Å². The summed E-state index contributed by atoms with van der Waals surface area (Å²) in [6.45, 7) is 0. The lowest BCUT2D eigenvalue weighted by Crippen LogP contribution is -2.05. The fourth-order valence-electron chi connectivity index (χ4n) is 1.41. The SMILES string of the molecule is COc1ccc([C@@H]2O[C@H]2C(=O)O)cc1F. The molecule has 0 bridgehead atoms. The van der Waals surface area contributed by atoms with Crippen LogP contribution in [-0.4, -0.2) is 24.3 Å². The number of ether oxygens (including phenoxy) is 2. The molecule has 15 heavy (non-hydrogen) atoms. The maximum Gasteiger partial charge on any atom is 0.335 e. The van der Waals surface area contributed by atoms with E-state index in [2.05, 4.69) is 0 Å². The molecule has 2 rings (SSSR count). The van der Waals surface area contributed by atoms with Crippen LogP contribution in [0.4, 0.5) is 4.39 Å². The second kappa shape index (κ2) is 3.51. The van der Waals surface area contributed by atoms with Crippen molar-refractivity contribution >= 4 is 5.97 Å². The zero-order valence-electron chi connectivity index (χ0n) is 7.94. The monoisotopic (exact) mass is 212 g/mol. The average Bonchev–Trinajstić information content (AvgIpc) is 2.97. The molecule has 0 amide bonds. The second-order valence-corrected chi connectivity index (χ2v) is 3.21. The summed E-state index contributed by atoms with van der Waals surface area (Å²) in [4.78, 5) is 10.5. The van der Waals surface area contributed by atoms with Crippen LogP contribution < -0.4 is 4.74 Å². The minimum absolute atomic E-state index is 0.131. The van der Waals surface area contributed by atoms with Gasteiger partial charge in [-0.1, -0.05) is 6.07 Å². The number of methoxy groups -OCH3 is 1. The highest BCUT2D eigenvalue weighted by Crippen LogP contribution is 2.39. The van der Waals surface area contributed by atoms with Crippen molar-refractivity contribution in [2.24, 2.45) is 0 Å². The van der Waals surface area contributed by atoms with E-state index in [0.29, 0.717) is 5.56 Å². The van der Waals surface area contributed by atoms with Gasteiger partial charge in [0.25, 0.3) is 0 Å². The third-order valence-electron chi connectivity index (χ3n) is 2.24. The van der Waals surface area contributed by atoms with Gasteiger partial charge in [-0.2, -0.15) is 0 Å². The van der Waals surface area contributed by atoms with Crippen LogP contribution >= 0.6 is 0 Å². The van der Waals surface area contributed by atoms with Gasteiger partial charge >= 0.3 is 5.97 Å². The first-order valence-corrected chi connectivity index (χ1v) is 4.35. The van der Waals surface area contributed by atoms with Crippen LogP contribution in [0.25, 0.3) is 0 Å². The summed E-state index contributed by atoms with van der Waals surface area (Å²) in [7, 11) is 1.37. The molecule has 0 spiro atoms. The van der Waals surface area contributed by atoms with Gasteiger partial charge in [0, 0.05) is 0 Å². The average molecular weight is 212 g/mol. The van der Waals surface area contributed by atoms with Gasteiger partial charge in [0.05, 0.1) is 7.11 Å². The van der Waals surface area contributed by atoms with Gasteiger partial charge in [0.2, 0.25) is 0 Å². The molecule has 1 heterocycles. The van der Waals surface area contributed by atoms with E-state index in [-0.39, 0.29) is 5.75 Å². The van der Waals surface area contributed by atoms with Crippen molar-refractivity contribution in [3.8, 4) is 5.75 Å². The largest absolute Gasteiger partial charge is 0.494 e. The molecule has 1 saturated heterocycles. The Morgan fingerprint density at radius 1 is 1.60 bits per heavy atom. The lowest BCUT2D eigenvalue weighted by molar-refractivity contribution is -0.138. The van der Waals surface area contributed by atoms with Gasteiger partial charge in [-0.05, 0) is 17.7 Å². The Bertz CT molecular complexity index is 404. The van der Waals surface area contributed by atoms with E-state index in [1.807, 2.05) is 0 Å². The molecule has 1 aliphatic heterocycles. The number of carboxylic acids is 1. The van der Waals surface area contributed by atoms with Crippen molar-refractivity contribution in [1.82, 2.24) is 0 Å². The first kappa shape index (κ1) is 9.92. The van der Waals surface area contributed by atoms with E-state index in [1.54, 1.807) is 6.07 Å². The Hall–Kier alpha value is -1.62. The van der Waals surface area contributed by atoms with Crippen molar-refractivity contribution < 1.29 is 23.8 Å². The summed E-state index contributed by atoms with van der Waals surface area (Å²) in [5, 5.41) is 8.61. The number of halogens is 1. The number of rotatable bonds is 3. The van der Waals surface area contributed by atoms with Crippen LogP contribution in [0, 0.1) is 5.82 Å². The lowest BCUT2D eigenvalue weighted by atomic mass is 10.1. The van der Waals surface area contributed by atoms with E-state index >= 15 is 0 Å². The Kier molecular flexibility index (Phi) is 2.32. The molecule has 2 atom stereocenters. The minimum Gasteiger partial charge on any atom is -0.494 e. The van der Waals surface area contributed by atoms with E-state index in [9.17, 15) is 9.18 Å². The molecule has 5 heteroatoms. The van der Waals surface area contributed by atoms with Crippen LogP contribution in [0.5, 0.6) is 5.75 Å². The zero-order valence-corrected chi connectivity index (χ0v) is 7.94. The molecule has 1 aliphatic rings. The molecule has 0 aromatic heterocycles. The molecule has 0 unspecified atom stereocenters. The minimum atomic E-state index is -1.03. The van der Waals surface area contributed by atoms with Gasteiger partial charge in [-0.15, -0.1) is 0 Å². The molecular weight excluding hydrogens is 203 g/mol. The predicted octanol–water partition coefficient (Wildman–Crippen LogP) is 1.36. The van der Waals surface area contributed by atoms with Gasteiger partial charge in [-0.25, -0.2) is 9.18 Å². The summed E-state index contributed by atoms with van der Waals surface area (Å²) >= 11 is 0. The molecule has 1 fully saturated rings. The first-order valence-electron chi connectivity index (χ1n) is 4.35. The number of benzene rings is 1. The number of hydrogen-bond donors (Lipinski definition) is 1. The third-order valence-corrected chi connectivity index (χ3v) is 2.24. The highest BCUT2D eigenvalue weighted by atomic mass is 19.1. The van der Waals surface area contributed by atoms with Crippen LogP contribution in [0.2, 0.25) is 0 Å². The Labute approximate surface area is 85.2 Å². The van der Waals surface area contributed by atoms with E-state index in [0.717, 1.165) is 0 Å². The summed E-state index contributed by atoms with van der Waals surface area (Å²) in [5.74, 6) is -1.42. The van der Waals surface area contributed by atoms with Crippen molar-refractivity contribution in [2.75, 3.05) is 7.11 Å². The summed E-state index contributed by atoms with van der Waals surface area (Å²) in [5.41, 5.74) is 0.515. The number of carboxylic acid groups (broad SMARTS) is 1. The first-order chi connectivity index (χ1) is 7.13. The quantitative estimate of drug-likeness (QED) is 0.768. The fourth-order valence-corrected chi connectivity index (χ4v) is 1.41. The van der Waals surface area contributed by atoms with Crippen LogP contribution in [-0.2, 0) is 9.53 Å². The van der Waals surface area contributed by atoms with E-state index in [4.69, 9.17) is 14.6 Å². The molecular formula is C10H9FO4. The normalized spacial score (nSPS) is 23.6. The molecule has 0 radical (unpaired) electrons. The second-order valence-electron chi connectivity index (χ2n) is 3.21. The highest BCUT2D eigenvalue weighted by molar-refractivity contribution is 5.76. The molecule has 1 aromatic carbocycles. The molecule has 0 aliphatic carbocycles. The summed E-state index contributed by atoms with van der Waals surface area (Å²) < 4.78 is 22.9. The molecule has 80 valence electrons. The van der Waals surface area contributed by atoms with Crippen LogP contribution in [0.15, 0.2) is 18.2 Å². The van der Waals surface area contributed by atoms with Crippen molar-refractivity contribution in [3.63, 3.8) is 0 Å². The Balaban J connectivity index is 2.18. The maximum absolute atomic E-state index is 13.2. The highest BCUT2D eigenvalue weighted by Gasteiger charge is 2.46. The summed E-state index contributed by atoms with van der Waals surface area (Å²) in [6.07, 6.45) is -1.39. The molecule has 4 nitrogen and oxygen atoms in total. The summed E-state index contributed by atoms with van der Waals surface area (Å²) in [6, 6.07) is 4.27. The maximum atomic E-state index is 13.2. The van der Waals surface area contributed by atoms with E-state index in [1.165, 1.54) is 19.2 Å². The molecule has 1 aromatic rings. The standard InChI is InChI=1S/C10H9FO4/c1-14-7-3-2-5(4-6(7)11)8-9(15-8)10(12)13/h2-4,8-9H,1H3,(H,12,13)/t8-,9+/m0/s1. The van der Waals surface area contributed by atoms with E-state index < -0.39 is 24.0 Å². The molecule has 0 saturated carbocycles. The lowest BCUT2D eigenvalue weighted by Gasteiger charge is -2.02. The number of carbonyl (C=O) groups is 1. The van der Waals surface area contributed by atoms with Gasteiger partial charge in [0.15, 0.2) is 17.7 Å². The van der Waals surface area contributed by atoms with Crippen molar-refractivity contribution in [3.05, 3.63) is 29.6 Å². The number of epoxide rings is 1. The van der Waals surface area contributed by atoms with Crippen LogP contribution in [0.3, 0.4) is 0 Å². The van der Waals surface area contributed by atoms with Gasteiger partial charge in [-0.3, -0.25) is 0 Å². The fraction of sp³-hybridized carbons (Fsp3) is 0.300. The number of aliphatic carboxylic acids is 1. The number of hydrogen-bond acceptors (Lipinski definition) is 3. The van der Waals surface area contributed by atoms with Crippen molar-refractivity contribution in [2.45, 2.75) is 12.2 Å². The van der Waals surface area contributed by atoms with Gasteiger partial charge in [0.1, 0.15) is 6.10 Å². The van der Waals surface area contributed by atoms with Crippen molar-refractivity contribution in [1.29, 1.82) is 0 Å². The smallest absolute Gasteiger partial charge is 0.335 e. The zero-order chi connectivity index (χ0) is 11.0. The Morgan fingerprint density at radius 3 is 2.80 bits per heavy atom. The van der Waals surface area contributed by atoms with Crippen LogP contribution in [0.1, 0.15) is 11.7 Å². The van der Waals surface area contributed by atoms with Gasteiger partial charge < -0.3 is 14.6 Å².